The Bertz CT molecular complexity index is 923. The van der Waals surface area contributed by atoms with Gasteiger partial charge in [0.1, 0.15) is 17.1 Å². The molecule has 0 spiro atoms. The Morgan fingerprint density at radius 2 is 1.88 bits per heavy atom. The maximum Gasteiger partial charge on any atom is 0.153 e. The van der Waals surface area contributed by atoms with Gasteiger partial charge in [-0.15, -0.1) is 0 Å². The van der Waals surface area contributed by atoms with Crippen LogP contribution >= 0.6 is 0 Å². The summed E-state index contributed by atoms with van der Waals surface area (Å²) in [6.45, 7) is 0.103. The van der Waals surface area contributed by atoms with Gasteiger partial charge >= 0.3 is 0 Å². The fourth-order valence-electron chi connectivity index (χ4n) is 2.88. The Balaban J connectivity index is 2.09. The Hall–Kier alpha value is -2.92. The van der Waals surface area contributed by atoms with Crippen molar-refractivity contribution in [1.29, 1.82) is 0 Å². The number of ether oxygens (including phenoxy) is 1. The van der Waals surface area contributed by atoms with Crippen LogP contribution in [0.5, 0.6) is 5.75 Å². The first-order valence-electron chi connectivity index (χ1n) is 7.96. The van der Waals surface area contributed by atoms with Crippen molar-refractivity contribution < 1.29 is 23.8 Å². The molecule has 0 radical (unpaired) electrons. The highest BCUT2D eigenvalue weighted by Crippen LogP contribution is 2.32. The van der Waals surface area contributed by atoms with Crippen LogP contribution in [0.2, 0.25) is 0 Å². The number of rotatable bonds is 7. The van der Waals surface area contributed by atoms with E-state index in [1.54, 1.807) is 24.3 Å². The number of hydrogen-bond acceptors (Lipinski definition) is 5. The molecule has 1 aromatic heterocycles. The number of aliphatic hydroxyl groups is 1. The molecule has 0 bridgehead atoms. The topological polar surface area (TPSA) is 76.7 Å². The molecule has 0 fully saturated rings. The van der Waals surface area contributed by atoms with Crippen molar-refractivity contribution in [2.24, 2.45) is 0 Å². The predicted molar refractivity (Wildman–Crippen MR) is 94.4 cm³/mol. The van der Waals surface area contributed by atoms with Crippen LogP contribution < -0.4 is 4.74 Å². The highest BCUT2D eigenvalue weighted by Gasteiger charge is 2.13. The fraction of sp³-hybridized carbons (Fsp3) is 0.200. The number of hydrogen-bond donors (Lipinski definition) is 1. The third kappa shape index (κ3) is 3.32. The van der Waals surface area contributed by atoms with E-state index in [1.165, 1.54) is 7.11 Å². The van der Waals surface area contributed by atoms with Gasteiger partial charge in [0.05, 0.1) is 18.2 Å². The second-order valence-electron chi connectivity index (χ2n) is 5.73. The highest BCUT2D eigenvalue weighted by atomic mass is 16.5. The molecule has 25 heavy (non-hydrogen) atoms. The number of carbonyl (C=O) groups is 2. The van der Waals surface area contributed by atoms with Crippen molar-refractivity contribution in [2.75, 3.05) is 13.7 Å². The average molecular weight is 338 g/mol. The van der Waals surface area contributed by atoms with E-state index in [-0.39, 0.29) is 6.61 Å². The number of methoxy groups -OCH3 is 1. The number of aliphatic hydroxyl groups excluding tert-OH is 1. The van der Waals surface area contributed by atoms with Crippen LogP contribution in [0.4, 0.5) is 0 Å². The molecule has 2 aromatic carbocycles. The molecule has 0 saturated heterocycles. The maximum absolute atomic E-state index is 11.4. The van der Waals surface area contributed by atoms with E-state index in [4.69, 9.17) is 14.3 Å². The van der Waals surface area contributed by atoms with Crippen molar-refractivity contribution in [3.8, 4) is 17.1 Å². The summed E-state index contributed by atoms with van der Waals surface area (Å²) in [5.41, 5.74) is 3.12. The van der Waals surface area contributed by atoms with Gasteiger partial charge in [0.2, 0.25) is 0 Å². The van der Waals surface area contributed by atoms with Gasteiger partial charge < -0.3 is 14.3 Å². The van der Waals surface area contributed by atoms with Gasteiger partial charge in [-0.25, -0.2) is 0 Å². The lowest BCUT2D eigenvalue weighted by atomic mass is 10.0. The number of benzene rings is 2. The predicted octanol–water partition coefficient (Wildman–Crippen LogP) is 3.66. The molecule has 0 aliphatic heterocycles. The minimum atomic E-state index is 0.103. The van der Waals surface area contributed by atoms with Gasteiger partial charge in [-0.2, -0.15) is 0 Å². The van der Waals surface area contributed by atoms with Crippen LogP contribution in [0.15, 0.2) is 40.8 Å². The Morgan fingerprint density at radius 3 is 2.56 bits per heavy atom. The molecule has 128 valence electrons. The normalized spacial score (nSPS) is 10.8. The third-order valence-corrected chi connectivity index (χ3v) is 4.10. The SMILES string of the molecule is COc1ccc(-c2cc3cc(CCCO)cc(C=O)c3o2)cc1C=O. The summed E-state index contributed by atoms with van der Waals surface area (Å²) in [4.78, 5) is 22.6. The molecule has 0 atom stereocenters. The van der Waals surface area contributed by atoms with Gasteiger partial charge in [0.15, 0.2) is 12.6 Å². The van der Waals surface area contributed by atoms with Crippen LogP contribution in [0.1, 0.15) is 32.7 Å². The first-order valence-corrected chi connectivity index (χ1v) is 7.96. The summed E-state index contributed by atoms with van der Waals surface area (Å²) >= 11 is 0. The smallest absolute Gasteiger partial charge is 0.153 e. The lowest BCUT2D eigenvalue weighted by Gasteiger charge is -2.04. The number of fused-ring (bicyclic) bond motifs is 1. The van der Waals surface area contributed by atoms with Crippen LogP contribution in [0.25, 0.3) is 22.3 Å². The van der Waals surface area contributed by atoms with Crippen molar-refractivity contribution in [2.45, 2.75) is 12.8 Å². The molecule has 0 amide bonds. The van der Waals surface area contributed by atoms with E-state index in [0.717, 1.165) is 29.1 Å². The second-order valence-corrected chi connectivity index (χ2v) is 5.73. The standard InChI is InChI=1S/C20H18O5/c1-24-18-5-4-14(9-16(18)11-22)19-10-15-7-13(3-2-6-21)8-17(12-23)20(15)25-19/h4-5,7-12,21H,2-3,6H2,1H3. The van der Waals surface area contributed by atoms with Crippen LogP contribution in [-0.2, 0) is 6.42 Å². The average Bonchev–Trinajstić information content (AvgIpc) is 3.09. The van der Waals surface area contributed by atoms with Crippen molar-refractivity contribution in [3.63, 3.8) is 0 Å². The highest BCUT2D eigenvalue weighted by molar-refractivity contribution is 5.97. The lowest BCUT2D eigenvalue weighted by Crippen LogP contribution is -1.91. The monoisotopic (exact) mass is 338 g/mol. The van der Waals surface area contributed by atoms with E-state index in [9.17, 15) is 9.59 Å². The van der Waals surface area contributed by atoms with Crippen LogP contribution in [-0.4, -0.2) is 31.4 Å². The zero-order valence-electron chi connectivity index (χ0n) is 13.8. The Kier molecular flexibility index (Phi) is 4.95. The molecule has 5 nitrogen and oxygen atoms in total. The molecule has 1 heterocycles. The van der Waals surface area contributed by atoms with Gasteiger partial charge in [-0.3, -0.25) is 9.59 Å². The molecule has 0 saturated carbocycles. The van der Waals surface area contributed by atoms with Gasteiger partial charge in [-0.05, 0) is 54.8 Å². The molecule has 3 aromatic rings. The van der Waals surface area contributed by atoms with E-state index in [0.29, 0.717) is 41.1 Å². The van der Waals surface area contributed by atoms with Gasteiger partial charge in [0, 0.05) is 17.6 Å². The number of aryl methyl sites for hydroxylation is 1. The van der Waals surface area contributed by atoms with Gasteiger partial charge in [-0.1, -0.05) is 0 Å². The Labute approximate surface area is 144 Å². The Morgan fingerprint density at radius 1 is 1.08 bits per heavy atom. The largest absolute Gasteiger partial charge is 0.496 e. The second kappa shape index (κ2) is 7.32. The summed E-state index contributed by atoms with van der Waals surface area (Å²) < 4.78 is 11.0. The quantitative estimate of drug-likeness (QED) is 0.665. The zero-order chi connectivity index (χ0) is 17.8. The molecule has 0 aliphatic rings. The molecule has 1 N–H and O–H groups in total. The van der Waals surface area contributed by atoms with Crippen molar-refractivity contribution >= 4 is 23.5 Å². The molecule has 5 heteroatoms. The number of carbonyl (C=O) groups excluding carboxylic acids is 2. The van der Waals surface area contributed by atoms with E-state index in [1.807, 2.05) is 12.1 Å². The molecule has 3 rings (SSSR count). The maximum atomic E-state index is 11.4. The van der Waals surface area contributed by atoms with E-state index >= 15 is 0 Å². The minimum Gasteiger partial charge on any atom is -0.496 e. The number of aldehydes is 2. The van der Waals surface area contributed by atoms with E-state index < -0.39 is 0 Å². The summed E-state index contributed by atoms with van der Waals surface area (Å²) in [6, 6.07) is 10.8. The summed E-state index contributed by atoms with van der Waals surface area (Å²) in [5, 5.41) is 9.80. The van der Waals surface area contributed by atoms with E-state index in [2.05, 4.69) is 0 Å². The minimum absolute atomic E-state index is 0.103. The molecule has 0 aliphatic carbocycles. The summed E-state index contributed by atoms with van der Waals surface area (Å²) in [6.07, 6.45) is 2.82. The number of furan rings is 1. The third-order valence-electron chi connectivity index (χ3n) is 4.10. The first-order chi connectivity index (χ1) is 12.2. The van der Waals surface area contributed by atoms with Crippen molar-refractivity contribution in [3.05, 3.63) is 53.1 Å². The molecule has 0 unspecified atom stereocenters. The van der Waals surface area contributed by atoms with Crippen LogP contribution in [0.3, 0.4) is 0 Å². The van der Waals surface area contributed by atoms with Crippen molar-refractivity contribution in [1.82, 2.24) is 0 Å². The fourth-order valence-corrected chi connectivity index (χ4v) is 2.88. The molecular formula is C20H18O5. The molecular weight excluding hydrogens is 320 g/mol. The lowest BCUT2D eigenvalue weighted by molar-refractivity contribution is 0.111. The van der Waals surface area contributed by atoms with Gasteiger partial charge in [0.25, 0.3) is 0 Å². The zero-order valence-corrected chi connectivity index (χ0v) is 13.8. The summed E-state index contributed by atoms with van der Waals surface area (Å²) in [7, 11) is 1.51. The first kappa shape index (κ1) is 16.9. The van der Waals surface area contributed by atoms with Crippen LogP contribution in [0, 0.1) is 0 Å². The summed E-state index contributed by atoms with van der Waals surface area (Å²) in [5.74, 6) is 1.07.